The lowest BCUT2D eigenvalue weighted by Gasteiger charge is -2.15. The van der Waals surface area contributed by atoms with E-state index in [0.717, 1.165) is 6.42 Å². The van der Waals surface area contributed by atoms with Gasteiger partial charge in [-0.3, -0.25) is 0 Å². The lowest BCUT2D eigenvalue weighted by atomic mass is 10.1. The minimum absolute atomic E-state index is 0.350. The monoisotopic (exact) mass is 295 g/mol. The standard InChI is InChI=1S/C14H21N3O4/c1-21-11-7-5-10(6-8-11)16-14(20)17-12(13(18)19)4-2-3-9-15/h5-8,12H,2-4,9,15H2,1H3,(H,18,19)(H2,16,17,20). The maximum absolute atomic E-state index is 11.8. The first-order valence-corrected chi connectivity index (χ1v) is 6.71. The van der Waals surface area contributed by atoms with Crippen molar-refractivity contribution in [2.45, 2.75) is 25.3 Å². The van der Waals surface area contributed by atoms with Gasteiger partial charge in [0.25, 0.3) is 0 Å². The predicted molar refractivity (Wildman–Crippen MR) is 79.5 cm³/mol. The molecule has 0 spiro atoms. The third-order valence-electron chi connectivity index (χ3n) is 2.90. The molecule has 0 saturated heterocycles. The van der Waals surface area contributed by atoms with Gasteiger partial charge in [-0.15, -0.1) is 0 Å². The van der Waals surface area contributed by atoms with E-state index in [1.54, 1.807) is 31.4 Å². The van der Waals surface area contributed by atoms with Gasteiger partial charge in [-0.2, -0.15) is 0 Å². The van der Waals surface area contributed by atoms with E-state index in [1.165, 1.54) is 0 Å². The summed E-state index contributed by atoms with van der Waals surface area (Å²) in [6, 6.07) is 5.26. The van der Waals surface area contributed by atoms with Crippen LogP contribution in [0.3, 0.4) is 0 Å². The third-order valence-corrected chi connectivity index (χ3v) is 2.90. The normalized spacial score (nSPS) is 11.5. The minimum Gasteiger partial charge on any atom is -0.497 e. The zero-order valence-corrected chi connectivity index (χ0v) is 12.0. The molecule has 7 heteroatoms. The van der Waals surface area contributed by atoms with Crippen molar-refractivity contribution in [1.82, 2.24) is 5.32 Å². The predicted octanol–water partition coefficient (Wildman–Crippen LogP) is 1.40. The molecule has 0 heterocycles. The number of unbranched alkanes of at least 4 members (excludes halogenated alkanes) is 1. The highest BCUT2D eigenvalue weighted by molar-refractivity contribution is 5.92. The zero-order chi connectivity index (χ0) is 15.7. The number of carboxylic acids is 1. The number of rotatable bonds is 8. The number of carboxylic acid groups (broad SMARTS) is 1. The van der Waals surface area contributed by atoms with Crippen molar-refractivity contribution < 1.29 is 19.4 Å². The van der Waals surface area contributed by atoms with E-state index in [0.29, 0.717) is 30.8 Å². The highest BCUT2D eigenvalue weighted by Gasteiger charge is 2.19. The van der Waals surface area contributed by atoms with E-state index in [-0.39, 0.29) is 0 Å². The maximum Gasteiger partial charge on any atom is 0.326 e. The number of hydrogen-bond acceptors (Lipinski definition) is 4. The van der Waals surface area contributed by atoms with E-state index in [1.807, 2.05) is 0 Å². The fraction of sp³-hybridized carbons (Fsp3) is 0.429. The molecule has 5 N–H and O–H groups in total. The third kappa shape index (κ3) is 6.13. The van der Waals surface area contributed by atoms with Crippen LogP contribution < -0.4 is 21.1 Å². The largest absolute Gasteiger partial charge is 0.497 e. The number of methoxy groups -OCH3 is 1. The number of carbonyl (C=O) groups excluding carboxylic acids is 1. The molecule has 0 aliphatic carbocycles. The number of aliphatic carboxylic acids is 1. The van der Waals surface area contributed by atoms with Gasteiger partial charge in [-0.05, 0) is 50.1 Å². The van der Waals surface area contributed by atoms with E-state index >= 15 is 0 Å². The van der Waals surface area contributed by atoms with E-state index in [9.17, 15) is 9.59 Å². The first-order valence-electron chi connectivity index (χ1n) is 6.71. The molecule has 0 radical (unpaired) electrons. The summed E-state index contributed by atoms with van der Waals surface area (Å²) in [6.07, 6.45) is 1.73. The number of anilines is 1. The number of urea groups is 1. The van der Waals surface area contributed by atoms with Crippen LogP contribution in [0.2, 0.25) is 0 Å². The van der Waals surface area contributed by atoms with Crippen LogP contribution >= 0.6 is 0 Å². The molecule has 1 atom stereocenters. The molecule has 0 aliphatic heterocycles. The minimum atomic E-state index is -1.06. The van der Waals surface area contributed by atoms with Crippen molar-refractivity contribution in [2.24, 2.45) is 5.73 Å². The average Bonchev–Trinajstić information content (AvgIpc) is 2.47. The summed E-state index contributed by atoms with van der Waals surface area (Å²) in [4.78, 5) is 22.8. The number of nitrogens with one attached hydrogen (secondary N) is 2. The molecule has 2 amide bonds. The highest BCUT2D eigenvalue weighted by Crippen LogP contribution is 2.14. The summed E-state index contributed by atoms with van der Waals surface area (Å²) in [6.45, 7) is 0.504. The maximum atomic E-state index is 11.8. The topological polar surface area (TPSA) is 114 Å². The molecule has 116 valence electrons. The molecule has 0 saturated carbocycles. The van der Waals surface area contributed by atoms with Crippen LogP contribution in [0.1, 0.15) is 19.3 Å². The lowest BCUT2D eigenvalue weighted by molar-refractivity contribution is -0.139. The number of nitrogens with two attached hydrogens (primary N) is 1. The highest BCUT2D eigenvalue weighted by atomic mass is 16.5. The van der Waals surface area contributed by atoms with Gasteiger partial charge in [-0.1, -0.05) is 0 Å². The second kappa shape index (κ2) is 8.80. The van der Waals surface area contributed by atoms with Crippen LogP contribution in [0.25, 0.3) is 0 Å². The van der Waals surface area contributed by atoms with Gasteiger partial charge in [0.2, 0.25) is 0 Å². The Hall–Kier alpha value is -2.28. The van der Waals surface area contributed by atoms with Gasteiger partial charge in [0, 0.05) is 5.69 Å². The molecule has 0 bridgehead atoms. The van der Waals surface area contributed by atoms with Crippen molar-refractivity contribution >= 4 is 17.7 Å². The Morgan fingerprint density at radius 1 is 1.29 bits per heavy atom. The Morgan fingerprint density at radius 3 is 2.48 bits per heavy atom. The van der Waals surface area contributed by atoms with Crippen LogP contribution in [0, 0.1) is 0 Å². The molecule has 21 heavy (non-hydrogen) atoms. The molecule has 0 aliphatic rings. The van der Waals surface area contributed by atoms with Crippen molar-refractivity contribution in [2.75, 3.05) is 19.0 Å². The molecule has 0 fully saturated rings. The summed E-state index contributed by atoms with van der Waals surface area (Å²) < 4.78 is 5.01. The molecule has 1 unspecified atom stereocenters. The number of benzene rings is 1. The Balaban J connectivity index is 2.50. The molecule has 1 rings (SSSR count). The molecule has 1 aromatic carbocycles. The smallest absolute Gasteiger partial charge is 0.326 e. The number of hydrogen-bond donors (Lipinski definition) is 4. The summed E-state index contributed by atoms with van der Waals surface area (Å²) >= 11 is 0. The van der Waals surface area contributed by atoms with Crippen LogP contribution in [0.4, 0.5) is 10.5 Å². The van der Waals surface area contributed by atoms with Crippen LogP contribution in [-0.2, 0) is 4.79 Å². The Kier molecular flexibility index (Phi) is 7.03. The summed E-state index contributed by atoms with van der Waals surface area (Å²) in [5, 5.41) is 14.1. The second-order valence-corrected chi connectivity index (χ2v) is 4.50. The van der Waals surface area contributed by atoms with Gasteiger partial charge < -0.3 is 26.2 Å². The number of amides is 2. The van der Waals surface area contributed by atoms with Gasteiger partial charge in [0.1, 0.15) is 11.8 Å². The lowest BCUT2D eigenvalue weighted by Crippen LogP contribution is -2.43. The number of carbonyl (C=O) groups is 2. The average molecular weight is 295 g/mol. The van der Waals surface area contributed by atoms with Crippen LogP contribution in [-0.4, -0.2) is 36.8 Å². The fourth-order valence-electron chi connectivity index (χ4n) is 1.75. The molecule has 7 nitrogen and oxygen atoms in total. The van der Waals surface area contributed by atoms with Gasteiger partial charge in [-0.25, -0.2) is 9.59 Å². The number of ether oxygens (including phenoxy) is 1. The van der Waals surface area contributed by atoms with Crippen molar-refractivity contribution in [3.8, 4) is 5.75 Å². The van der Waals surface area contributed by atoms with Crippen molar-refractivity contribution in [3.05, 3.63) is 24.3 Å². The van der Waals surface area contributed by atoms with E-state index < -0.39 is 18.0 Å². The Morgan fingerprint density at radius 2 is 1.95 bits per heavy atom. The fourth-order valence-corrected chi connectivity index (χ4v) is 1.75. The van der Waals surface area contributed by atoms with Crippen molar-refractivity contribution in [3.63, 3.8) is 0 Å². The summed E-state index contributed by atoms with van der Waals surface area (Å²) in [5.41, 5.74) is 5.92. The Bertz CT molecular complexity index is 462. The molecular weight excluding hydrogens is 274 g/mol. The van der Waals surface area contributed by atoms with E-state index in [4.69, 9.17) is 15.6 Å². The first-order chi connectivity index (χ1) is 10.1. The van der Waals surface area contributed by atoms with Crippen LogP contribution in [0.5, 0.6) is 5.75 Å². The zero-order valence-electron chi connectivity index (χ0n) is 12.0. The SMILES string of the molecule is COc1ccc(NC(=O)NC(CCCCN)C(=O)O)cc1. The summed E-state index contributed by atoms with van der Waals surface area (Å²) in [7, 11) is 1.55. The second-order valence-electron chi connectivity index (χ2n) is 4.50. The van der Waals surface area contributed by atoms with Gasteiger partial charge >= 0.3 is 12.0 Å². The van der Waals surface area contributed by atoms with Gasteiger partial charge in [0.05, 0.1) is 7.11 Å². The Labute approximate surface area is 123 Å². The summed E-state index contributed by atoms with van der Waals surface area (Å²) in [5.74, 6) is -0.386. The molecular formula is C14H21N3O4. The molecule has 0 aromatic heterocycles. The van der Waals surface area contributed by atoms with Gasteiger partial charge in [0.15, 0.2) is 0 Å². The van der Waals surface area contributed by atoms with Crippen molar-refractivity contribution in [1.29, 1.82) is 0 Å². The quantitative estimate of drug-likeness (QED) is 0.541. The first kappa shape index (κ1) is 16.8. The molecule has 1 aromatic rings. The van der Waals surface area contributed by atoms with E-state index in [2.05, 4.69) is 10.6 Å². The van der Waals surface area contributed by atoms with Crippen LogP contribution in [0.15, 0.2) is 24.3 Å².